The number of fused-ring (bicyclic) bond motifs is 1. The van der Waals surface area contributed by atoms with Crippen LogP contribution in [0.3, 0.4) is 0 Å². The SMILES string of the molecule is CC(=NNC(=O)c1c(O)ccc2ccccc12)c1cccc(NC(=O)CCCOc2ccc(Cl)cc2Cl)c1. The molecular weight excluding hydrogens is 525 g/mol. The molecular formula is C29H25Cl2N3O4. The summed E-state index contributed by atoms with van der Waals surface area (Å²) in [5.41, 5.74) is 4.51. The highest BCUT2D eigenvalue weighted by Crippen LogP contribution is 2.28. The van der Waals surface area contributed by atoms with E-state index in [2.05, 4.69) is 15.8 Å². The molecule has 7 nitrogen and oxygen atoms in total. The quantitative estimate of drug-likeness (QED) is 0.121. The van der Waals surface area contributed by atoms with E-state index in [-0.39, 0.29) is 23.6 Å². The van der Waals surface area contributed by atoms with E-state index in [1.165, 1.54) is 6.07 Å². The highest BCUT2D eigenvalue weighted by molar-refractivity contribution is 6.35. The van der Waals surface area contributed by atoms with Crippen molar-refractivity contribution < 1.29 is 19.4 Å². The van der Waals surface area contributed by atoms with Crippen LogP contribution in [0.4, 0.5) is 5.69 Å². The Kier molecular flexibility index (Phi) is 8.84. The van der Waals surface area contributed by atoms with E-state index in [1.807, 2.05) is 18.2 Å². The summed E-state index contributed by atoms with van der Waals surface area (Å²) in [6.07, 6.45) is 0.755. The van der Waals surface area contributed by atoms with E-state index in [0.29, 0.717) is 51.2 Å². The van der Waals surface area contributed by atoms with E-state index in [0.717, 1.165) is 5.39 Å². The minimum Gasteiger partial charge on any atom is -0.507 e. The number of hydrazone groups is 1. The molecule has 9 heteroatoms. The fraction of sp³-hybridized carbons (Fsp3) is 0.138. The Hall–Kier alpha value is -4.07. The molecule has 38 heavy (non-hydrogen) atoms. The number of phenols is 1. The van der Waals surface area contributed by atoms with Crippen LogP contribution in [0.25, 0.3) is 10.8 Å². The van der Waals surface area contributed by atoms with Gasteiger partial charge in [0.2, 0.25) is 5.91 Å². The molecule has 0 radical (unpaired) electrons. The normalized spacial score (nSPS) is 11.3. The van der Waals surface area contributed by atoms with Gasteiger partial charge in [-0.05, 0) is 66.1 Å². The monoisotopic (exact) mass is 549 g/mol. The van der Waals surface area contributed by atoms with Gasteiger partial charge in [-0.2, -0.15) is 5.10 Å². The molecule has 0 atom stereocenters. The van der Waals surface area contributed by atoms with E-state index < -0.39 is 5.91 Å². The van der Waals surface area contributed by atoms with E-state index in [9.17, 15) is 14.7 Å². The van der Waals surface area contributed by atoms with Crippen LogP contribution in [0, 0.1) is 0 Å². The number of nitrogens with zero attached hydrogens (tertiary/aromatic N) is 1. The lowest BCUT2D eigenvalue weighted by molar-refractivity contribution is -0.116. The van der Waals surface area contributed by atoms with Gasteiger partial charge in [0, 0.05) is 17.1 Å². The number of carbonyl (C=O) groups excluding carboxylic acids is 2. The van der Waals surface area contributed by atoms with Crippen LogP contribution in [0.15, 0.2) is 84.0 Å². The molecule has 0 unspecified atom stereocenters. The largest absolute Gasteiger partial charge is 0.507 e. The van der Waals surface area contributed by atoms with Crippen LogP contribution in [0.1, 0.15) is 35.7 Å². The number of anilines is 1. The van der Waals surface area contributed by atoms with Crippen LogP contribution < -0.4 is 15.5 Å². The minimum absolute atomic E-state index is 0.125. The maximum atomic E-state index is 12.8. The van der Waals surface area contributed by atoms with Crippen LogP contribution in [-0.2, 0) is 4.79 Å². The molecule has 4 rings (SSSR count). The Morgan fingerprint density at radius 1 is 0.974 bits per heavy atom. The summed E-state index contributed by atoms with van der Waals surface area (Å²) in [7, 11) is 0. The number of halogens is 2. The number of nitrogens with one attached hydrogen (secondary N) is 2. The fourth-order valence-electron chi connectivity index (χ4n) is 3.81. The van der Waals surface area contributed by atoms with Gasteiger partial charge >= 0.3 is 0 Å². The van der Waals surface area contributed by atoms with Gasteiger partial charge in [-0.3, -0.25) is 9.59 Å². The predicted molar refractivity (Wildman–Crippen MR) is 152 cm³/mol. The maximum Gasteiger partial charge on any atom is 0.275 e. The van der Waals surface area contributed by atoms with Gasteiger partial charge in [0.15, 0.2) is 0 Å². The van der Waals surface area contributed by atoms with Crippen LogP contribution in [0.5, 0.6) is 11.5 Å². The Labute approximate surface area is 230 Å². The molecule has 0 saturated carbocycles. The summed E-state index contributed by atoms with van der Waals surface area (Å²) in [6, 6.07) is 22.6. The fourth-order valence-corrected chi connectivity index (χ4v) is 4.27. The van der Waals surface area contributed by atoms with Crippen molar-refractivity contribution in [1.29, 1.82) is 0 Å². The third-order valence-corrected chi connectivity index (χ3v) is 6.25. The van der Waals surface area contributed by atoms with Gasteiger partial charge in [-0.15, -0.1) is 0 Å². The number of hydrogen-bond acceptors (Lipinski definition) is 5. The van der Waals surface area contributed by atoms with Crippen molar-refractivity contribution in [2.24, 2.45) is 5.10 Å². The number of benzene rings is 4. The smallest absolute Gasteiger partial charge is 0.275 e. The van der Waals surface area contributed by atoms with Crippen LogP contribution >= 0.6 is 23.2 Å². The van der Waals surface area contributed by atoms with Gasteiger partial charge in [0.1, 0.15) is 11.5 Å². The van der Waals surface area contributed by atoms with Crippen molar-refractivity contribution in [3.8, 4) is 11.5 Å². The Morgan fingerprint density at radius 2 is 1.79 bits per heavy atom. The van der Waals surface area contributed by atoms with Crippen molar-refractivity contribution in [2.75, 3.05) is 11.9 Å². The topological polar surface area (TPSA) is 100 Å². The third kappa shape index (κ3) is 6.82. The third-order valence-electron chi connectivity index (χ3n) is 5.72. The second-order valence-corrected chi connectivity index (χ2v) is 9.32. The first-order valence-corrected chi connectivity index (χ1v) is 12.6. The highest BCUT2D eigenvalue weighted by atomic mass is 35.5. The summed E-state index contributed by atoms with van der Waals surface area (Å²) < 4.78 is 5.62. The maximum absolute atomic E-state index is 12.8. The zero-order valence-electron chi connectivity index (χ0n) is 20.5. The summed E-state index contributed by atoms with van der Waals surface area (Å²) in [6.45, 7) is 2.07. The average Bonchev–Trinajstić information content (AvgIpc) is 2.90. The van der Waals surface area contributed by atoms with Crippen LogP contribution in [0.2, 0.25) is 10.0 Å². The van der Waals surface area contributed by atoms with E-state index >= 15 is 0 Å². The van der Waals surface area contributed by atoms with Crippen molar-refractivity contribution in [1.82, 2.24) is 5.43 Å². The lowest BCUT2D eigenvalue weighted by Crippen LogP contribution is -2.20. The summed E-state index contributed by atoms with van der Waals surface area (Å²) >= 11 is 12.0. The lowest BCUT2D eigenvalue weighted by Gasteiger charge is -2.10. The van der Waals surface area contributed by atoms with Crippen molar-refractivity contribution in [3.63, 3.8) is 0 Å². The average molecular weight is 550 g/mol. The first-order valence-electron chi connectivity index (χ1n) is 11.9. The molecule has 3 N–H and O–H groups in total. The predicted octanol–water partition coefficient (Wildman–Crippen LogP) is 6.80. The highest BCUT2D eigenvalue weighted by Gasteiger charge is 2.15. The molecule has 0 bridgehead atoms. The second kappa shape index (κ2) is 12.4. The number of rotatable bonds is 9. The van der Waals surface area contributed by atoms with Gasteiger partial charge in [-0.25, -0.2) is 5.43 Å². The summed E-state index contributed by atoms with van der Waals surface area (Å²) in [4.78, 5) is 25.2. The number of amides is 2. The first kappa shape index (κ1) is 27.0. The Balaban J connectivity index is 1.33. The molecule has 194 valence electrons. The zero-order valence-corrected chi connectivity index (χ0v) is 22.0. The molecule has 2 amide bonds. The molecule has 0 saturated heterocycles. The summed E-state index contributed by atoms with van der Waals surface area (Å²) in [5, 5.41) is 19.7. The van der Waals surface area contributed by atoms with Crippen molar-refractivity contribution in [2.45, 2.75) is 19.8 Å². The number of carbonyl (C=O) groups is 2. The van der Waals surface area contributed by atoms with Gasteiger partial charge < -0.3 is 15.2 Å². The molecule has 0 aliphatic carbocycles. The number of aromatic hydroxyl groups is 1. The van der Waals surface area contributed by atoms with E-state index in [4.69, 9.17) is 27.9 Å². The first-order chi connectivity index (χ1) is 18.3. The molecule has 0 aliphatic rings. The lowest BCUT2D eigenvalue weighted by atomic mass is 10.0. The molecule has 4 aromatic rings. The molecule has 4 aromatic carbocycles. The van der Waals surface area contributed by atoms with Crippen molar-refractivity contribution in [3.05, 3.63) is 100 Å². The molecule has 0 aromatic heterocycles. The van der Waals surface area contributed by atoms with Crippen LogP contribution in [-0.4, -0.2) is 29.2 Å². The zero-order chi connectivity index (χ0) is 27.1. The molecule has 0 spiro atoms. The molecule has 0 fully saturated rings. The van der Waals surface area contributed by atoms with Crippen molar-refractivity contribution >= 4 is 57.2 Å². The Bertz CT molecular complexity index is 1520. The second-order valence-electron chi connectivity index (χ2n) is 8.47. The van der Waals surface area contributed by atoms with Gasteiger partial charge in [-0.1, -0.05) is 65.7 Å². The van der Waals surface area contributed by atoms with E-state index in [1.54, 1.807) is 61.5 Å². The number of hydrogen-bond donors (Lipinski definition) is 3. The number of phenolic OH excluding ortho intramolecular Hbond substituents is 1. The molecule has 0 heterocycles. The molecule has 0 aliphatic heterocycles. The minimum atomic E-state index is -0.523. The van der Waals surface area contributed by atoms with Gasteiger partial charge in [0.25, 0.3) is 5.91 Å². The Morgan fingerprint density at radius 3 is 2.61 bits per heavy atom. The standard InChI is InChI=1S/C29H25Cl2N3O4/c1-18(33-34-29(37)28-23-9-3-2-6-19(23)11-13-25(28)35)20-7-4-8-22(16-20)32-27(36)10-5-15-38-26-14-12-21(30)17-24(26)31/h2-4,6-9,11-14,16-17,35H,5,10,15H2,1H3,(H,32,36)(H,34,37). The van der Waals surface area contributed by atoms with Gasteiger partial charge in [0.05, 0.1) is 22.9 Å². The summed E-state index contributed by atoms with van der Waals surface area (Å²) in [5.74, 6) is -0.297. The number of ether oxygens (including phenoxy) is 1.